The fraction of sp³-hybridized carbons (Fsp3) is 0.286. The number of nitrogens with one attached hydrogen (secondary N) is 1. The van der Waals surface area contributed by atoms with E-state index in [0.717, 1.165) is 11.3 Å². The van der Waals surface area contributed by atoms with Gasteiger partial charge in [-0.3, -0.25) is 9.59 Å². The number of rotatable bonds is 6. The molecule has 0 aliphatic carbocycles. The Labute approximate surface area is 195 Å². The molecule has 3 aromatic carbocycles. The second kappa shape index (κ2) is 9.49. The van der Waals surface area contributed by atoms with E-state index in [0.29, 0.717) is 24.5 Å². The lowest BCUT2D eigenvalue weighted by atomic mass is 9.87. The summed E-state index contributed by atoms with van der Waals surface area (Å²) in [5, 5.41) is 2.93. The van der Waals surface area contributed by atoms with Crippen LogP contribution in [0.1, 0.15) is 38.3 Å². The minimum Gasteiger partial charge on any atom is -0.457 e. The van der Waals surface area contributed by atoms with Crippen LogP contribution in [0.2, 0.25) is 0 Å². The summed E-state index contributed by atoms with van der Waals surface area (Å²) in [6.07, 6.45) is 0.240. The molecule has 1 saturated heterocycles. The monoisotopic (exact) mass is 442 g/mol. The lowest BCUT2D eigenvalue weighted by Gasteiger charge is -2.19. The Morgan fingerprint density at radius 1 is 0.939 bits per heavy atom. The van der Waals surface area contributed by atoms with Gasteiger partial charge in [0.15, 0.2) is 0 Å². The van der Waals surface area contributed by atoms with Crippen LogP contribution < -0.4 is 10.1 Å². The average Bonchev–Trinajstić information content (AvgIpc) is 3.16. The smallest absolute Gasteiger partial charge is 0.229 e. The maximum absolute atomic E-state index is 12.7. The van der Waals surface area contributed by atoms with Gasteiger partial charge in [-0.25, -0.2) is 0 Å². The van der Waals surface area contributed by atoms with Gasteiger partial charge in [-0.15, -0.1) is 0 Å². The lowest BCUT2D eigenvalue weighted by Crippen LogP contribution is -2.28. The number of likely N-dealkylation sites (tertiary alicyclic amines) is 1. The first-order chi connectivity index (χ1) is 15.8. The average molecular weight is 443 g/mol. The van der Waals surface area contributed by atoms with Gasteiger partial charge in [0.25, 0.3) is 0 Å². The Morgan fingerprint density at radius 3 is 2.15 bits per heavy atom. The Kier molecular flexibility index (Phi) is 6.50. The normalized spacial score (nSPS) is 16.0. The summed E-state index contributed by atoms with van der Waals surface area (Å²) in [5.74, 6) is 0.994. The molecule has 0 bridgehead atoms. The van der Waals surface area contributed by atoms with Crippen LogP contribution in [0.4, 0.5) is 5.69 Å². The molecule has 1 atom stereocenters. The van der Waals surface area contributed by atoms with Crippen molar-refractivity contribution in [3.63, 3.8) is 0 Å². The lowest BCUT2D eigenvalue weighted by molar-refractivity contribution is -0.128. The topological polar surface area (TPSA) is 58.6 Å². The fourth-order valence-electron chi connectivity index (χ4n) is 3.91. The molecule has 0 unspecified atom stereocenters. The largest absolute Gasteiger partial charge is 0.457 e. The van der Waals surface area contributed by atoms with Crippen molar-refractivity contribution < 1.29 is 14.3 Å². The highest BCUT2D eigenvalue weighted by Crippen LogP contribution is 2.28. The van der Waals surface area contributed by atoms with Gasteiger partial charge in [-0.1, -0.05) is 63.2 Å². The Balaban J connectivity index is 1.31. The quantitative estimate of drug-likeness (QED) is 0.528. The Hall–Kier alpha value is -3.60. The first-order valence-electron chi connectivity index (χ1n) is 11.3. The molecule has 0 spiro atoms. The number of amides is 2. The number of carbonyl (C=O) groups excluding carboxylic acids is 2. The van der Waals surface area contributed by atoms with Crippen molar-refractivity contribution in [2.75, 3.05) is 11.9 Å². The molecule has 3 aromatic rings. The van der Waals surface area contributed by atoms with Gasteiger partial charge in [0.2, 0.25) is 11.8 Å². The minimum atomic E-state index is -0.349. The van der Waals surface area contributed by atoms with Crippen LogP contribution in [0.25, 0.3) is 0 Å². The van der Waals surface area contributed by atoms with Crippen LogP contribution >= 0.6 is 0 Å². The highest BCUT2D eigenvalue weighted by molar-refractivity contribution is 5.97. The molecule has 5 nitrogen and oxygen atoms in total. The van der Waals surface area contributed by atoms with Crippen LogP contribution in [0, 0.1) is 5.92 Å². The number of nitrogens with zero attached hydrogens (tertiary/aromatic N) is 1. The molecule has 4 rings (SSSR count). The first-order valence-corrected chi connectivity index (χ1v) is 11.3. The van der Waals surface area contributed by atoms with E-state index in [4.69, 9.17) is 4.74 Å². The number of benzene rings is 3. The number of carbonyl (C=O) groups is 2. The number of anilines is 1. The summed E-state index contributed by atoms with van der Waals surface area (Å²) in [5.41, 5.74) is 3.10. The number of hydrogen-bond acceptors (Lipinski definition) is 3. The molecule has 1 aliphatic rings. The molecular formula is C28H30N2O3. The van der Waals surface area contributed by atoms with E-state index in [1.54, 1.807) is 4.90 Å². The summed E-state index contributed by atoms with van der Waals surface area (Å²) in [7, 11) is 0. The van der Waals surface area contributed by atoms with Crippen LogP contribution in [-0.2, 0) is 21.5 Å². The van der Waals surface area contributed by atoms with Gasteiger partial charge in [-0.2, -0.15) is 0 Å². The van der Waals surface area contributed by atoms with Gasteiger partial charge in [-0.05, 0) is 52.9 Å². The van der Waals surface area contributed by atoms with Crippen molar-refractivity contribution in [3.05, 3.63) is 90.0 Å². The van der Waals surface area contributed by atoms with Crippen molar-refractivity contribution in [2.45, 2.75) is 39.2 Å². The van der Waals surface area contributed by atoms with Gasteiger partial charge >= 0.3 is 0 Å². The van der Waals surface area contributed by atoms with Gasteiger partial charge < -0.3 is 15.0 Å². The summed E-state index contributed by atoms with van der Waals surface area (Å²) in [6.45, 7) is 7.51. The number of hydrogen-bond donors (Lipinski definition) is 1. The molecule has 5 heteroatoms. The van der Waals surface area contributed by atoms with Gasteiger partial charge in [0.1, 0.15) is 11.5 Å². The van der Waals surface area contributed by atoms with Crippen molar-refractivity contribution in [1.29, 1.82) is 0 Å². The third-order valence-corrected chi connectivity index (χ3v) is 5.88. The van der Waals surface area contributed by atoms with Gasteiger partial charge in [0, 0.05) is 25.2 Å². The van der Waals surface area contributed by atoms with E-state index in [9.17, 15) is 9.59 Å². The zero-order valence-electron chi connectivity index (χ0n) is 19.4. The molecule has 0 saturated carbocycles. The minimum absolute atomic E-state index is 0.0141. The van der Waals surface area contributed by atoms with E-state index >= 15 is 0 Å². The molecule has 0 radical (unpaired) electrons. The van der Waals surface area contributed by atoms with Crippen LogP contribution in [-0.4, -0.2) is 23.3 Å². The predicted molar refractivity (Wildman–Crippen MR) is 130 cm³/mol. The SMILES string of the molecule is CC(C)(C)c1ccc(Oc2ccc(NC(=O)[C@H]3CC(=O)N(Cc4ccccc4)C3)cc2)cc1. The standard InChI is InChI=1S/C28H30N2O3/c1-28(2,3)22-9-13-24(14-10-22)33-25-15-11-23(12-16-25)29-27(32)21-17-26(31)30(19-21)18-20-7-5-4-6-8-20/h4-16,21H,17-19H2,1-3H3,(H,29,32)/t21-/m0/s1. The van der Waals surface area contributed by atoms with E-state index in [1.165, 1.54) is 5.56 Å². The summed E-state index contributed by atoms with van der Waals surface area (Å²) < 4.78 is 5.93. The zero-order valence-corrected chi connectivity index (χ0v) is 19.4. The van der Waals surface area contributed by atoms with E-state index in [-0.39, 0.29) is 29.6 Å². The van der Waals surface area contributed by atoms with E-state index < -0.39 is 0 Å². The molecular weight excluding hydrogens is 412 g/mol. The van der Waals surface area contributed by atoms with Crippen molar-refractivity contribution in [1.82, 2.24) is 4.90 Å². The molecule has 170 valence electrons. The summed E-state index contributed by atoms with van der Waals surface area (Å²) in [6, 6.07) is 25.2. The maximum Gasteiger partial charge on any atom is 0.229 e. The van der Waals surface area contributed by atoms with E-state index in [2.05, 4.69) is 38.2 Å². The molecule has 1 N–H and O–H groups in total. The summed E-state index contributed by atoms with van der Waals surface area (Å²) in [4.78, 5) is 26.8. The molecule has 1 heterocycles. The van der Waals surface area contributed by atoms with Crippen LogP contribution in [0.15, 0.2) is 78.9 Å². The summed E-state index contributed by atoms with van der Waals surface area (Å²) >= 11 is 0. The van der Waals surface area contributed by atoms with Crippen molar-refractivity contribution in [3.8, 4) is 11.5 Å². The molecule has 1 fully saturated rings. The highest BCUT2D eigenvalue weighted by Gasteiger charge is 2.34. The molecule has 0 aromatic heterocycles. The van der Waals surface area contributed by atoms with E-state index in [1.807, 2.05) is 66.7 Å². The predicted octanol–water partition coefficient (Wildman–Crippen LogP) is 5.76. The second-order valence-corrected chi connectivity index (χ2v) is 9.55. The van der Waals surface area contributed by atoms with Crippen LogP contribution in [0.5, 0.6) is 11.5 Å². The highest BCUT2D eigenvalue weighted by atomic mass is 16.5. The third kappa shape index (κ3) is 5.80. The van der Waals surface area contributed by atoms with Crippen molar-refractivity contribution in [2.24, 2.45) is 5.92 Å². The Bertz CT molecular complexity index is 1100. The molecule has 33 heavy (non-hydrogen) atoms. The van der Waals surface area contributed by atoms with Crippen molar-refractivity contribution >= 4 is 17.5 Å². The third-order valence-electron chi connectivity index (χ3n) is 5.88. The Morgan fingerprint density at radius 2 is 1.55 bits per heavy atom. The first kappa shape index (κ1) is 22.6. The zero-order chi connectivity index (χ0) is 23.4. The fourth-order valence-corrected chi connectivity index (χ4v) is 3.91. The number of ether oxygens (including phenoxy) is 1. The molecule has 2 amide bonds. The second-order valence-electron chi connectivity index (χ2n) is 9.55. The van der Waals surface area contributed by atoms with Crippen LogP contribution in [0.3, 0.4) is 0 Å². The molecule has 1 aliphatic heterocycles. The maximum atomic E-state index is 12.7. The van der Waals surface area contributed by atoms with Gasteiger partial charge in [0.05, 0.1) is 5.92 Å².